The van der Waals surface area contributed by atoms with E-state index in [0.717, 1.165) is 29.3 Å². The Balaban J connectivity index is 1.71. The predicted octanol–water partition coefficient (Wildman–Crippen LogP) is 4.15. The van der Waals surface area contributed by atoms with E-state index in [1.54, 1.807) is 4.90 Å². The highest BCUT2D eigenvalue weighted by Gasteiger charge is 2.11. The topological polar surface area (TPSA) is 20.3 Å². The van der Waals surface area contributed by atoms with Crippen molar-refractivity contribution >= 4 is 16.7 Å². The molecule has 0 atom stereocenters. The van der Waals surface area contributed by atoms with Gasteiger partial charge in [0.1, 0.15) is 0 Å². The molecular formula is C20H19NO. The van der Waals surface area contributed by atoms with Crippen molar-refractivity contribution in [1.82, 2.24) is 4.90 Å². The van der Waals surface area contributed by atoms with E-state index in [2.05, 4.69) is 18.2 Å². The molecule has 0 aliphatic rings. The van der Waals surface area contributed by atoms with Gasteiger partial charge in [0.2, 0.25) is 0 Å². The minimum atomic E-state index is 0.0710. The van der Waals surface area contributed by atoms with E-state index in [4.69, 9.17) is 0 Å². The second-order valence-electron chi connectivity index (χ2n) is 5.52. The van der Waals surface area contributed by atoms with Crippen LogP contribution in [0.15, 0.2) is 72.8 Å². The molecule has 2 heteroatoms. The molecule has 0 fully saturated rings. The molecule has 0 bridgehead atoms. The van der Waals surface area contributed by atoms with E-state index in [9.17, 15) is 4.79 Å². The zero-order valence-electron chi connectivity index (χ0n) is 12.7. The van der Waals surface area contributed by atoms with Gasteiger partial charge in [-0.25, -0.2) is 0 Å². The molecule has 0 aliphatic heterocycles. The van der Waals surface area contributed by atoms with Crippen LogP contribution in [-0.2, 0) is 6.42 Å². The maximum atomic E-state index is 12.5. The third-order valence-corrected chi connectivity index (χ3v) is 3.92. The smallest absolute Gasteiger partial charge is 0.253 e. The third-order valence-electron chi connectivity index (χ3n) is 3.92. The summed E-state index contributed by atoms with van der Waals surface area (Å²) in [6, 6.07) is 24.2. The average Bonchev–Trinajstić information content (AvgIpc) is 2.59. The minimum absolute atomic E-state index is 0.0710. The van der Waals surface area contributed by atoms with Crippen molar-refractivity contribution in [2.24, 2.45) is 0 Å². The van der Waals surface area contributed by atoms with Gasteiger partial charge in [-0.3, -0.25) is 4.79 Å². The van der Waals surface area contributed by atoms with Crippen LogP contribution in [0, 0.1) is 0 Å². The summed E-state index contributed by atoms with van der Waals surface area (Å²) in [6.07, 6.45) is 0.872. The van der Waals surface area contributed by atoms with E-state index >= 15 is 0 Å². The number of hydrogen-bond acceptors (Lipinski definition) is 1. The summed E-state index contributed by atoms with van der Waals surface area (Å²) in [5.74, 6) is 0.0710. The second kappa shape index (κ2) is 6.44. The molecule has 110 valence electrons. The first kappa shape index (κ1) is 14.3. The Kier molecular flexibility index (Phi) is 4.19. The molecule has 0 saturated carbocycles. The largest absolute Gasteiger partial charge is 0.341 e. The molecule has 1 amide bonds. The minimum Gasteiger partial charge on any atom is -0.341 e. The van der Waals surface area contributed by atoms with E-state index in [-0.39, 0.29) is 5.91 Å². The number of amides is 1. The fraction of sp³-hybridized carbons (Fsp3) is 0.150. The maximum absolute atomic E-state index is 12.5. The summed E-state index contributed by atoms with van der Waals surface area (Å²) < 4.78 is 0. The molecule has 0 aromatic heterocycles. The quantitative estimate of drug-likeness (QED) is 0.706. The Morgan fingerprint density at radius 1 is 0.864 bits per heavy atom. The molecule has 0 radical (unpaired) electrons. The summed E-state index contributed by atoms with van der Waals surface area (Å²) in [6.45, 7) is 0.718. The lowest BCUT2D eigenvalue weighted by molar-refractivity contribution is 0.0797. The Bertz CT molecular complexity index is 780. The van der Waals surface area contributed by atoms with Crippen LogP contribution in [0.5, 0.6) is 0 Å². The molecule has 0 unspecified atom stereocenters. The van der Waals surface area contributed by atoms with Crippen LogP contribution in [-0.4, -0.2) is 24.4 Å². The summed E-state index contributed by atoms with van der Waals surface area (Å²) >= 11 is 0. The Labute approximate surface area is 131 Å². The SMILES string of the molecule is CN(CCc1ccccc1)C(=O)c1ccc2ccccc2c1. The number of hydrogen-bond donors (Lipinski definition) is 0. The first-order valence-corrected chi connectivity index (χ1v) is 7.52. The van der Waals surface area contributed by atoms with Crippen LogP contribution in [0.25, 0.3) is 10.8 Å². The normalized spacial score (nSPS) is 10.6. The van der Waals surface area contributed by atoms with Gasteiger partial charge in [-0.05, 0) is 34.9 Å². The highest BCUT2D eigenvalue weighted by Crippen LogP contribution is 2.16. The van der Waals surface area contributed by atoms with E-state index in [0.29, 0.717) is 0 Å². The predicted molar refractivity (Wildman–Crippen MR) is 91.1 cm³/mol. The van der Waals surface area contributed by atoms with Crippen molar-refractivity contribution in [3.8, 4) is 0 Å². The van der Waals surface area contributed by atoms with E-state index < -0.39 is 0 Å². The highest BCUT2D eigenvalue weighted by molar-refractivity contribution is 5.98. The fourth-order valence-electron chi connectivity index (χ4n) is 2.59. The molecule has 0 spiro atoms. The van der Waals surface area contributed by atoms with Crippen molar-refractivity contribution in [3.63, 3.8) is 0 Å². The van der Waals surface area contributed by atoms with Gasteiger partial charge in [0.05, 0.1) is 0 Å². The molecule has 0 aliphatic carbocycles. The van der Waals surface area contributed by atoms with Gasteiger partial charge in [0.25, 0.3) is 5.91 Å². The lowest BCUT2D eigenvalue weighted by Crippen LogP contribution is -2.28. The Hall–Kier alpha value is -2.61. The van der Waals surface area contributed by atoms with E-state index in [1.807, 2.05) is 61.6 Å². The third kappa shape index (κ3) is 3.17. The average molecular weight is 289 g/mol. The zero-order chi connectivity index (χ0) is 15.4. The molecule has 3 rings (SSSR count). The van der Waals surface area contributed by atoms with Crippen LogP contribution in [0.1, 0.15) is 15.9 Å². The lowest BCUT2D eigenvalue weighted by atomic mass is 10.1. The van der Waals surface area contributed by atoms with Gasteiger partial charge >= 0.3 is 0 Å². The summed E-state index contributed by atoms with van der Waals surface area (Å²) in [5, 5.41) is 2.26. The molecule has 2 nitrogen and oxygen atoms in total. The second-order valence-corrected chi connectivity index (χ2v) is 5.52. The van der Waals surface area contributed by atoms with Crippen molar-refractivity contribution < 1.29 is 4.79 Å². The van der Waals surface area contributed by atoms with E-state index in [1.165, 1.54) is 5.56 Å². The number of fused-ring (bicyclic) bond motifs is 1. The van der Waals surface area contributed by atoms with Crippen LogP contribution >= 0.6 is 0 Å². The summed E-state index contributed by atoms with van der Waals surface area (Å²) in [4.78, 5) is 14.3. The van der Waals surface area contributed by atoms with Gasteiger partial charge in [0, 0.05) is 19.2 Å². The first-order valence-electron chi connectivity index (χ1n) is 7.52. The highest BCUT2D eigenvalue weighted by atomic mass is 16.2. The number of likely N-dealkylation sites (N-methyl/N-ethyl adjacent to an activating group) is 1. The molecule has 3 aromatic rings. The number of carbonyl (C=O) groups excluding carboxylic acids is 1. The van der Waals surface area contributed by atoms with Gasteiger partial charge in [-0.2, -0.15) is 0 Å². The van der Waals surface area contributed by atoms with Crippen molar-refractivity contribution in [3.05, 3.63) is 83.9 Å². The molecule has 0 heterocycles. The van der Waals surface area contributed by atoms with Crippen LogP contribution in [0.4, 0.5) is 0 Å². The van der Waals surface area contributed by atoms with Gasteiger partial charge in [0.15, 0.2) is 0 Å². The first-order chi connectivity index (χ1) is 10.7. The van der Waals surface area contributed by atoms with Gasteiger partial charge in [-0.1, -0.05) is 60.7 Å². The van der Waals surface area contributed by atoms with Crippen molar-refractivity contribution in [1.29, 1.82) is 0 Å². The van der Waals surface area contributed by atoms with Crippen molar-refractivity contribution in [2.75, 3.05) is 13.6 Å². The lowest BCUT2D eigenvalue weighted by Gasteiger charge is -2.17. The molecule has 3 aromatic carbocycles. The fourth-order valence-corrected chi connectivity index (χ4v) is 2.59. The molecule has 0 saturated heterocycles. The summed E-state index contributed by atoms with van der Waals surface area (Å²) in [7, 11) is 1.86. The maximum Gasteiger partial charge on any atom is 0.253 e. The number of nitrogens with zero attached hydrogens (tertiary/aromatic N) is 1. The van der Waals surface area contributed by atoms with Crippen LogP contribution < -0.4 is 0 Å². The summed E-state index contributed by atoms with van der Waals surface area (Å²) in [5.41, 5.74) is 2.00. The monoisotopic (exact) mass is 289 g/mol. The molecule has 22 heavy (non-hydrogen) atoms. The van der Waals surface area contributed by atoms with Crippen LogP contribution in [0.3, 0.4) is 0 Å². The van der Waals surface area contributed by atoms with Gasteiger partial charge < -0.3 is 4.90 Å². The zero-order valence-corrected chi connectivity index (χ0v) is 12.7. The Morgan fingerprint density at radius 3 is 2.32 bits per heavy atom. The number of benzene rings is 3. The molecule has 0 N–H and O–H groups in total. The molecular weight excluding hydrogens is 270 g/mol. The van der Waals surface area contributed by atoms with Crippen molar-refractivity contribution in [2.45, 2.75) is 6.42 Å². The Morgan fingerprint density at radius 2 is 1.55 bits per heavy atom. The van der Waals surface area contributed by atoms with Gasteiger partial charge in [-0.15, -0.1) is 0 Å². The van der Waals surface area contributed by atoms with Crippen LogP contribution in [0.2, 0.25) is 0 Å². The number of carbonyl (C=O) groups is 1. The number of rotatable bonds is 4. The standard InChI is InChI=1S/C20H19NO/c1-21(14-13-16-7-3-2-4-8-16)20(22)19-12-11-17-9-5-6-10-18(17)15-19/h2-12,15H,13-14H2,1H3.